The third kappa shape index (κ3) is 3.05. The molecule has 0 unspecified atom stereocenters. The SMILES string of the molecule is CCc1ncc(Cl)c(Nc2ccccc2C(=O)NC)n1. The van der Waals surface area contributed by atoms with E-state index >= 15 is 0 Å². The van der Waals surface area contributed by atoms with E-state index in [1.54, 1.807) is 31.4 Å². The lowest BCUT2D eigenvalue weighted by Gasteiger charge is -2.12. The lowest BCUT2D eigenvalue weighted by atomic mass is 10.1. The van der Waals surface area contributed by atoms with Crippen LogP contribution in [0.1, 0.15) is 23.1 Å². The fourth-order valence-electron chi connectivity index (χ4n) is 1.71. The largest absolute Gasteiger partial charge is 0.355 e. The third-order valence-corrected chi connectivity index (χ3v) is 3.04. The van der Waals surface area contributed by atoms with E-state index in [4.69, 9.17) is 11.6 Å². The van der Waals surface area contributed by atoms with Gasteiger partial charge >= 0.3 is 0 Å². The van der Waals surface area contributed by atoms with Gasteiger partial charge in [0.15, 0.2) is 5.82 Å². The highest BCUT2D eigenvalue weighted by Gasteiger charge is 2.11. The molecule has 2 rings (SSSR count). The highest BCUT2D eigenvalue weighted by atomic mass is 35.5. The Morgan fingerprint density at radius 1 is 1.35 bits per heavy atom. The molecule has 2 N–H and O–H groups in total. The number of hydrogen-bond donors (Lipinski definition) is 2. The number of hydrogen-bond acceptors (Lipinski definition) is 4. The number of halogens is 1. The van der Waals surface area contributed by atoms with Crippen molar-refractivity contribution in [1.29, 1.82) is 0 Å². The number of rotatable bonds is 4. The number of carbonyl (C=O) groups excluding carboxylic acids is 1. The van der Waals surface area contributed by atoms with Gasteiger partial charge < -0.3 is 10.6 Å². The minimum atomic E-state index is -0.172. The summed E-state index contributed by atoms with van der Waals surface area (Å²) >= 11 is 6.08. The van der Waals surface area contributed by atoms with Crippen LogP contribution in [-0.4, -0.2) is 22.9 Å². The lowest BCUT2D eigenvalue weighted by Crippen LogP contribution is -2.19. The monoisotopic (exact) mass is 290 g/mol. The Morgan fingerprint density at radius 2 is 2.10 bits per heavy atom. The second-order valence-electron chi connectivity index (χ2n) is 4.09. The van der Waals surface area contributed by atoms with Crippen LogP contribution in [0.2, 0.25) is 5.02 Å². The highest BCUT2D eigenvalue weighted by Crippen LogP contribution is 2.25. The molecule has 0 saturated heterocycles. The lowest BCUT2D eigenvalue weighted by molar-refractivity contribution is 0.0964. The number of benzene rings is 1. The zero-order valence-corrected chi connectivity index (χ0v) is 12.0. The van der Waals surface area contributed by atoms with Gasteiger partial charge in [0.1, 0.15) is 10.8 Å². The molecule has 2 aromatic rings. The van der Waals surface area contributed by atoms with E-state index in [0.29, 0.717) is 34.3 Å². The van der Waals surface area contributed by atoms with Crippen LogP contribution in [0.5, 0.6) is 0 Å². The Kier molecular flexibility index (Phi) is 4.53. The molecule has 1 aromatic carbocycles. The summed E-state index contributed by atoms with van der Waals surface area (Å²) in [6.45, 7) is 1.96. The summed E-state index contributed by atoms with van der Waals surface area (Å²) in [5.41, 5.74) is 1.18. The van der Waals surface area contributed by atoms with Gasteiger partial charge in [-0.2, -0.15) is 0 Å². The van der Waals surface area contributed by atoms with Crippen LogP contribution in [0, 0.1) is 0 Å². The molecule has 0 spiro atoms. The molecule has 0 atom stereocenters. The number of nitrogens with one attached hydrogen (secondary N) is 2. The van der Waals surface area contributed by atoms with E-state index in [-0.39, 0.29) is 5.91 Å². The van der Waals surface area contributed by atoms with Crippen LogP contribution in [-0.2, 0) is 6.42 Å². The maximum absolute atomic E-state index is 11.8. The molecule has 0 bridgehead atoms. The van der Waals surface area contributed by atoms with Crippen molar-refractivity contribution in [2.45, 2.75) is 13.3 Å². The molecule has 0 radical (unpaired) electrons. The second-order valence-corrected chi connectivity index (χ2v) is 4.49. The van der Waals surface area contributed by atoms with Gasteiger partial charge in [-0.25, -0.2) is 9.97 Å². The van der Waals surface area contributed by atoms with Crippen molar-refractivity contribution in [3.8, 4) is 0 Å². The molecule has 0 aliphatic heterocycles. The van der Waals surface area contributed by atoms with Crippen molar-refractivity contribution < 1.29 is 4.79 Å². The van der Waals surface area contributed by atoms with E-state index in [9.17, 15) is 4.79 Å². The minimum absolute atomic E-state index is 0.172. The molecule has 1 heterocycles. The first-order valence-electron chi connectivity index (χ1n) is 6.25. The summed E-state index contributed by atoms with van der Waals surface area (Å²) in [5.74, 6) is 1.01. The van der Waals surface area contributed by atoms with Crippen LogP contribution < -0.4 is 10.6 Å². The normalized spacial score (nSPS) is 10.2. The van der Waals surface area contributed by atoms with Crippen LogP contribution in [0.25, 0.3) is 0 Å². The number of anilines is 2. The number of nitrogens with zero attached hydrogens (tertiary/aromatic N) is 2. The highest BCUT2D eigenvalue weighted by molar-refractivity contribution is 6.32. The minimum Gasteiger partial charge on any atom is -0.355 e. The number of carbonyl (C=O) groups is 1. The Balaban J connectivity index is 2.37. The first kappa shape index (κ1) is 14.3. The molecule has 6 heteroatoms. The first-order chi connectivity index (χ1) is 9.65. The van der Waals surface area contributed by atoms with Crippen molar-refractivity contribution in [3.05, 3.63) is 46.9 Å². The van der Waals surface area contributed by atoms with E-state index < -0.39 is 0 Å². The van der Waals surface area contributed by atoms with Crippen LogP contribution in [0.3, 0.4) is 0 Å². The summed E-state index contributed by atoms with van der Waals surface area (Å²) in [5, 5.41) is 6.10. The summed E-state index contributed by atoms with van der Waals surface area (Å²) in [6.07, 6.45) is 2.27. The third-order valence-electron chi connectivity index (χ3n) is 2.76. The fraction of sp³-hybridized carbons (Fsp3) is 0.214. The van der Waals surface area contributed by atoms with Gasteiger partial charge in [-0.1, -0.05) is 30.7 Å². The zero-order chi connectivity index (χ0) is 14.5. The summed E-state index contributed by atoms with van der Waals surface area (Å²) in [4.78, 5) is 20.3. The van der Waals surface area contributed by atoms with Crippen LogP contribution >= 0.6 is 11.6 Å². The average molecular weight is 291 g/mol. The molecular formula is C14H15ClN4O. The standard InChI is InChI=1S/C14H15ClN4O/c1-3-12-17-8-10(15)13(19-12)18-11-7-5-4-6-9(11)14(20)16-2/h4-8H,3H2,1-2H3,(H,16,20)(H,17,18,19). The average Bonchev–Trinajstić information content (AvgIpc) is 2.49. The maximum atomic E-state index is 11.8. The summed E-state index contributed by atoms with van der Waals surface area (Å²) < 4.78 is 0. The van der Waals surface area contributed by atoms with Gasteiger partial charge in [-0.05, 0) is 12.1 Å². The molecular weight excluding hydrogens is 276 g/mol. The Labute approximate surface area is 122 Å². The second kappa shape index (κ2) is 6.34. The number of aryl methyl sites for hydroxylation is 1. The Hall–Kier alpha value is -2.14. The molecule has 0 aliphatic rings. The van der Waals surface area contributed by atoms with Crippen LogP contribution in [0.4, 0.5) is 11.5 Å². The number of para-hydroxylation sites is 1. The van der Waals surface area contributed by atoms with E-state index in [2.05, 4.69) is 20.6 Å². The van der Waals surface area contributed by atoms with Crippen LogP contribution in [0.15, 0.2) is 30.5 Å². The zero-order valence-electron chi connectivity index (χ0n) is 11.3. The Bertz CT molecular complexity index is 630. The topological polar surface area (TPSA) is 66.9 Å². The van der Waals surface area contributed by atoms with Crippen molar-refractivity contribution >= 4 is 29.0 Å². The van der Waals surface area contributed by atoms with Crippen molar-refractivity contribution in [2.75, 3.05) is 12.4 Å². The van der Waals surface area contributed by atoms with Gasteiger partial charge in [0.2, 0.25) is 0 Å². The molecule has 0 aliphatic carbocycles. The van der Waals surface area contributed by atoms with Gasteiger partial charge in [0.25, 0.3) is 5.91 Å². The number of aromatic nitrogens is 2. The molecule has 20 heavy (non-hydrogen) atoms. The molecule has 1 aromatic heterocycles. The quantitative estimate of drug-likeness (QED) is 0.908. The summed E-state index contributed by atoms with van der Waals surface area (Å²) in [7, 11) is 1.59. The molecule has 0 saturated carbocycles. The first-order valence-corrected chi connectivity index (χ1v) is 6.63. The van der Waals surface area contributed by atoms with Crippen molar-refractivity contribution in [2.24, 2.45) is 0 Å². The Morgan fingerprint density at radius 3 is 2.80 bits per heavy atom. The fourth-order valence-corrected chi connectivity index (χ4v) is 1.85. The van der Waals surface area contributed by atoms with Gasteiger partial charge in [0, 0.05) is 13.5 Å². The van der Waals surface area contributed by atoms with E-state index in [1.165, 1.54) is 0 Å². The van der Waals surface area contributed by atoms with Gasteiger partial charge in [-0.15, -0.1) is 0 Å². The molecule has 104 valence electrons. The predicted molar refractivity (Wildman–Crippen MR) is 79.5 cm³/mol. The summed E-state index contributed by atoms with van der Waals surface area (Å²) in [6, 6.07) is 7.17. The molecule has 1 amide bonds. The van der Waals surface area contributed by atoms with Crippen molar-refractivity contribution in [3.63, 3.8) is 0 Å². The van der Waals surface area contributed by atoms with E-state index in [1.807, 2.05) is 13.0 Å². The smallest absolute Gasteiger partial charge is 0.253 e. The molecule has 5 nitrogen and oxygen atoms in total. The number of amides is 1. The maximum Gasteiger partial charge on any atom is 0.253 e. The van der Waals surface area contributed by atoms with Gasteiger partial charge in [0.05, 0.1) is 17.4 Å². The van der Waals surface area contributed by atoms with Gasteiger partial charge in [-0.3, -0.25) is 4.79 Å². The predicted octanol–water partition coefficient (Wildman–Crippen LogP) is 2.80. The van der Waals surface area contributed by atoms with E-state index in [0.717, 1.165) is 0 Å². The van der Waals surface area contributed by atoms with Crippen molar-refractivity contribution in [1.82, 2.24) is 15.3 Å². The molecule has 0 fully saturated rings.